The Morgan fingerprint density at radius 2 is 2.07 bits per heavy atom. The van der Waals surface area contributed by atoms with Gasteiger partial charge in [-0.05, 0) is 36.8 Å². The number of nitrogens with zero attached hydrogens (tertiary/aromatic N) is 4. The highest BCUT2D eigenvalue weighted by molar-refractivity contribution is 7.98. The Bertz CT molecular complexity index is 1120. The molecular weight excluding hydrogens is 403 g/mol. The van der Waals surface area contributed by atoms with Crippen LogP contribution in [-0.4, -0.2) is 37.6 Å². The minimum atomic E-state index is -0.290. The van der Waals surface area contributed by atoms with Crippen molar-refractivity contribution in [1.82, 2.24) is 19.3 Å². The summed E-state index contributed by atoms with van der Waals surface area (Å²) in [7, 11) is 0. The summed E-state index contributed by atoms with van der Waals surface area (Å²) in [6.07, 6.45) is 7.67. The average Bonchev–Trinajstić information content (AvgIpc) is 3.18. The van der Waals surface area contributed by atoms with Crippen molar-refractivity contribution in [2.45, 2.75) is 18.1 Å². The number of halogens is 2. The Hall–Kier alpha value is -1.70. The van der Waals surface area contributed by atoms with E-state index in [4.69, 9.17) is 16.7 Å². The monoisotopic (exact) mass is 420 g/mol. The standard InChI is InChI=1S/C19H18ClFN4S2/c1-26-6-5-24-14(8-12-7-13(20)9-16(21)18(12)24)11-25-17-10-22-4-3-15(17)19(23-25)27-2/h3-4,7-10H,5-6,11H2,1-2H3. The summed E-state index contributed by atoms with van der Waals surface area (Å²) in [6, 6.07) is 7.18. The van der Waals surface area contributed by atoms with Gasteiger partial charge in [0.2, 0.25) is 0 Å². The third kappa shape index (κ3) is 3.44. The number of aromatic nitrogens is 4. The summed E-state index contributed by atoms with van der Waals surface area (Å²) >= 11 is 9.42. The molecule has 3 heterocycles. The largest absolute Gasteiger partial charge is 0.340 e. The fraction of sp³-hybridized carbons (Fsp3) is 0.263. The zero-order valence-electron chi connectivity index (χ0n) is 14.9. The molecule has 0 aliphatic heterocycles. The van der Waals surface area contributed by atoms with E-state index in [9.17, 15) is 4.39 Å². The van der Waals surface area contributed by atoms with Gasteiger partial charge in [0.05, 0.1) is 23.8 Å². The van der Waals surface area contributed by atoms with Crippen LogP contribution in [-0.2, 0) is 13.1 Å². The molecule has 0 unspecified atom stereocenters. The lowest BCUT2D eigenvalue weighted by molar-refractivity contribution is 0.608. The van der Waals surface area contributed by atoms with E-state index >= 15 is 0 Å². The maximum Gasteiger partial charge on any atom is 0.148 e. The summed E-state index contributed by atoms with van der Waals surface area (Å²) in [4.78, 5) is 4.25. The van der Waals surface area contributed by atoms with Crippen molar-refractivity contribution in [3.8, 4) is 0 Å². The van der Waals surface area contributed by atoms with Gasteiger partial charge in [0.15, 0.2) is 0 Å². The van der Waals surface area contributed by atoms with Crippen molar-refractivity contribution in [3.05, 3.63) is 53.2 Å². The second-order valence-electron chi connectivity index (χ2n) is 6.17. The predicted molar refractivity (Wildman–Crippen MR) is 114 cm³/mol. The van der Waals surface area contributed by atoms with Crippen LogP contribution in [0.3, 0.4) is 0 Å². The second kappa shape index (κ2) is 7.73. The molecule has 4 nitrogen and oxygen atoms in total. The van der Waals surface area contributed by atoms with Crippen molar-refractivity contribution < 1.29 is 4.39 Å². The minimum Gasteiger partial charge on any atom is -0.340 e. The van der Waals surface area contributed by atoms with Gasteiger partial charge in [-0.2, -0.15) is 16.9 Å². The van der Waals surface area contributed by atoms with Crippen LogP contribution < -0.4 is 0 Å². The molecule has 0 spiro atoms. The van der Waals surface area contributed by atoms with E-state index in [-0.39, 0.29) is 5.82 Å². The molecule has 27 heavy (non-hydrogen) atoms. The zero-order chi connectivity index (χ0) is 19.0. The first-order chi connectivity index (χ1) is 13.1. The van der Waals surface area contributed by atoms with Crippen molar-refractivity contribution in [1.29, 1.82) is 0 Å². The van der Waals surface area contributed by atoms with Crippen molar-refractivity contribution >= 4 is 56.9 Å². The van der Waals surface area contributed by atoms with Crippen LogP contribution in [0, 0.1) is 5.82 Å². The summed E-state index contributed by atoms with van der Waals surface area (Å²) in [5, 5.41) is 8.01. The summed E-state index contributed by atoms with van der Waals surface area (Å²) in [5.41, 5.74) is 2.58. The highest BCUT2D eigenvalue weighted by atomic mass is 35.5. The van der Waals surface area contributed by atoms with Gasteiger partial charge in [0, 0.05) is 40.0 Å². The summed E-state index contributed by atoms with van der Waals surface area (Å²) < 4.78 is 18.6. The average molecular weight is 421 g/mol. The van der Waals surface area contributed by atoms with Gasteiger partial charge in [-0.1, -0.05) is 11.6 Å². The lowest BCUT2D eigenvalue weighted by Gasteiger charge is -2.11. The van der Waals surface area contributed by atoms with E-state index in [1.807, 2.05) is 39.9 Å². The molecule has 3 aromatic heterocycles. The molecule has 0 radical (unpaired) electrons. The van der Waals surface area contributed by atoms with Crippen molar-refractivity contribution in [2.75, 3.05) is 18.3 Å². The van der Waals surface area contributed by atoms with Gasteiger partial charge in [-0.15, -0.1) is 11.8 Å². The van der Waals surface area contributed by atoms with E-state index < -0.39 is 0 Å². The Morgan fingerprint density at radius 1 is 1.22 bits per heavy atom. The van der Waals surface area contributed by atoms with Crippen molar-refractivity contribution in [2.24, 2.45) is 0 Å². The van der Waals surface area contributed by atoms with Gasteiger partial charge >= 0.3 is 0 Å². The van der Waals surface area contributed by atoms with Crippen LogP contribution in [0.4, 0.5) is 4.39 Å². The molecule has 0 aliphatic rings. The number of aryl methyl sites for hydroxylation is 1. The Kier molecular flexibility index (Phi) is 5.34. The number of pyridine rings is 1. The van der Waals surface area contributed by atoms with Gasteiger partial charge in [-0.25, -0.2) is 4.39 Å². The van der Waals surface area contributed by atoms with E-state index in [2.05, 4.69) is 11.2 Å². The quantitative estimate of drug-likeness (QED) is 0.396. The molecule has 4 aromatic rings. The molecule has 0 bridgehead atoms. The Labute approximate surface area is 170 Å². The van der Waals surface area contributed by atoms with Crippen LogP contribution in [0.1, 0.15) is 5.69 Å². The third-order valence-corrected chi connectivity index (χ3v) is 6.04. The number of thioether (sulfide) groups is 2. The van der Waals surface area contributed by atoms with E-state index in [1.54, 1.807) is 29.7 Å². The molecule has 0 aliphatic carbocycles. The van der Waals surface area contributed by atoms with Gasteiger partial charge < -0.3 is 4.57 Å². The van der Waals surface area contributed by atoms with E-state index in [0.29, 0.717) is 17.1 Å². The normalized spacial score (nSPS) is 11.7. The van der Waals surface area contributed by atoms with Crippen LogP contribution in [0.2, 0.25) is 5.02 Å². The van der Waals surface area contributed by atoms with Crippen LogP contribution in [0.25, 0.3) is 21.8 Å². The zero-order valence-corrected chi connectivity index (χ0v) is 17.3. The molecule has 0 N–H and O–H groups in total. The molecule has 0 saturated heterocycles. The molecule has 0 fully saturated rings. The molecule has 1 aromatic carbocycles. The van der Waals surface area contributed by atoms with E-state index in [0.717, 1.165) is 39.3 Å². The molecule has 0 amide bonds. The maximum atomic E-state index is 14.7. The highest BCUT2D eigenvalue weighted by Crippen LogP contribution is 2.29. The first kappa shape index (κ1) is 18.7. The Morgan fingerprint density at radius 3 is 2.85 bits per heavy atom. The fourth-order valence-electron chi connectivity index (χ4n) is 3.37. The van der Waals surface area contributed by atoms with Crippen LogP contribution >= 0.6 is 35.1 Å². The number of benzene rings is 1. The number of hydrogen-bond acceptors (Lipinski definition) is 4. The van der Waals surface area contributed by atoms with Crippen molar-refractivity contribution in [3.63, 3.8) is 0 Å². The first-order valence-corrected chi connectivity index (χ1v) is 11.4. The summed E-state index contributed by atoms with van der Waals surface area (Å²) in [6.45, 7) is 1.27. The van der Waals surface area contributed by atoms with Crippen LogP contribution in [0.15, 0.2) is 41.7 Å². The first-order valence-electron chi connectivity index (χ1n) is 8.43. The predicted octanol–water partition coefficient (Wildman–Crippen LogP) is 5.31. The van der Waals surface area contributed by atoms with Gasteiger partial charge in [-0.3, -0.25) is 9.67 Å². The third-order valence-electron chi connectivity index (χ3n) is 4.54. The SMILES string of the molecule is CSCCn1c(Cn2nc(SC)c3ccncc32)cc2cc(Cl)cc(F)c21. The molecular formula is C19H18ClFN4S2. The minimum absolute atomic E-state index is 0.290. The lowest BCUT2D eigenvalue weighted by Crippen LogP contribution is -2.10. The molecule has 4 rings (SSSR count). The van der Waals surface area contributed by atoms with E-state index in [1.165, 1.54) is 6.07 Å². The summed E-state index contributed by atoms with van der Waals surface area (Å²) in [5.74, 6) is 0.609. The molecule has 0 atom stereocenters. The van der Waals surface area contributed by atoms with Crippen LogP contribution in [0.5, 0.6) is 0 Å². The van der Waals surface area contributed by atoms with Gasteiger partial charge in [0.1, 0.15) is 10.8 Å². The molecule has 140 valence electrons. The smallest absolute Gasteiger partial charge is 0.148 e. The maximum absolute atomic E-state index is 14.7. The molecule has 8 heteroatoms. The number of hydrogen-bond donors (Lipinski definition) is 0. The number of fused-ring (bicyclic) bond motifs is 2. The Balaban J connectivity index is 1.85. The lowest BCUT2D eigenvalue weighted by atomic mass is 10.2. The molecule has 0 saturated carbocycles. The highest BCUT2D eigenvalue weighted by Gasteiger charge is 2.16. The second-order valence-corrected chi connectivity index (χ2v) is 8.38. The van der Waals surface area contributed by atoms with Gasteiger partial charge in [0.25, 0.3) is 0 Å². The number of rotatable bonds is 6. The fourth-order valence-corrected chi connectivity index (χ4v) is 4.52. The topological polar surface area (TPSA) is 35.6 Å².